The second kappa shape index (κ2) is 6.21. The first kappa shape index (κ1) is 14.8. The number of carbonyl (C=O) groups excluding carboxylic acids is 1. The molecule has 0 aliphatic rings. The largest absolute Gasteiger partial charge is 0.300 e. The molecule has 2 aromatic carbocycles. The zero-order chi connectivity index (χ0) is 14.6. The van der Waals surface area contributed by atoms with Gasteiger partial charge in [-0.1, -0.05) is 63.2 Å². The molecule has 0 heterocycles. The third-order valence-electron chi connectivity index (χ3n) is 3.71. The molecule has 0 spiro atoms. The standard InChI is InChI=1S/C19H24O/c1-19(2,3)14-13-17(20)12-11-16-9-6-8-15-7-4-5-10-18(15)16/h4-10H,11-14H2,1-3H3. The Bertz CT molecular complexity index is 585. The molecule has 106 valence electrons. The van der Waals surface area contributed by atoms with Crippen molar-refractivity contribution in [1.29, 1.82) is 0 Å². The van der Waals surface area contributed by atoms with E-state index in [1.165, 1.54) is 16.3 Å². The van der Waals surface area contributed by atoms with E-state index in [1.54, 1.807) is 0 Å². The minimum atomic E-state index is 0.245. The zero-order valence-corrected chi connectivity index (χ0v) is 12.8. The van der Waals surface area contributed by atoms with Crippen LogP contribution < -0.4 is 0 Å². The van der Waals surface area contributed by atoms with Gasteiger partial charge >= 0.3 is 0 Å². The minimum Gasteiger partial charge on any atom is -0.300 e. The normalized spacial score (nSPS) is 11.8. The van der Waals surface area contributed by atoms with Crippen molar-refractivity contribution in [3.05, 3.63) is 48.0 Å². The van der Waals surface area contributed by atoms with E-state index in [1.807, 2.05) is 0 Å². The molecule has 0 atom stereocenters. The number of hydrogen-bond donors (Lipinski definition) is 0. The molecule has 0 aliphatic carbocycles. The van der Waals surface area contributed by atoms with Crippen LogP contribution in [0.3, 0.4) is 0 Å². The molecule has 2 rings (SSSR count). The van der Waals surface area contributed by atoms with E-state index < -0.39 is 0 Å². The SMILES string of the molecule is CC(C)(C)CCC(=O)CCc1cccc2ccccc12. The van der Waals surface area contributed by atoms with Crippen molar-refractivity contribution in [3.63, 3.8) is 0 Å². The van der Waals surface area contributed by atoms with E-state index in [0.717, 1.165) is 12.8 Å². The summed E-state index contributed by atoms with van der Waals surface area (Å²) in [5.41, 5.74) is 1.53. The fourth-order valence-corrected chi connectivity index (χ4v) is 2.42. The highest BCUT2D eigenvalue weighted by molar-refractivity contribution is 5.86. The summed E-state index contributed by atoms with van der Waals surface area (Å²) in [6.45, 7) is 6.56. The zero-order valence-electron chi connectivity index (χ0n) is 12.8. The first-order valence-corrected chi connectivity index (χ1v) is 7.44. The van der Waals surface area contributed by atoms with Crippen molar-refractivity contribution in [2.24, 2.45) is 5.41 Å². The Balaban J connectivity index is 1.98. The van der Waals surface area contributed by atoms with Crippen LogP contribution in [0.5, 0.6) is 0 Å². The van der Waals surface area contributed by atoms with Gasteiger partial charge in [0.1, 0.15) is 5.78 Å². The molecular weight excluding hydrogens is 244 g/mol. The third-order valence-corrected chi connectivity index (χ3v) is 3.71. The Labute approximate surface area is 122 Å². The molecular formula is C19H24O. The topological polar surface area (TPSA) is 17.1 Å². The van der Waals surface area contributed by atoms with Crippen LogP contribution in [0.15, 0.2) is 42.5 Å². The third kappa shape index (κ3) is 4.19. The molecule has 2 aromatic rings. The Morgan fingerprint density at radius 1 is 0.950 bits per heavy atom. The highest BCUT2D eigenvalue weighted by atomic mass is 16.1. The Morgan fingerprint density at radius 3 is 2.40 bits per heavy atom. The fourth-order valence-electron chi connectivity index (χ4n) is 2.42. The van der Waals surface area contributed by atoms with Crippen LogP contribution in [0.1, 0.15) is 45.6 Å². The molecule has 1 heteroatoms. The van der Waals surface area contributed by atoms with Gasteiger partial charge in [0.25, 0.3) is 0 Å². The molecule has 0 aliphatic heterocycles. The summed E-state index contributed by atoms with van der Waals surface area (Å²) in [7, 11) is 0. The summed E-state index contributed by atoms with van der Waals surface area (Å²) >= 11 is 0. The molecule has 0 radical (unpaired) electrons. The fraction of sp³-hybridized carbons (Fsp3) is 0.421. The highest BCUT2D eigenvalue weighted by Gasteiger charge is 2.13. The van der Waals surface area contributed by atoms with E-state index >= 15 is 0 Å². The number of fused-ring (bicyclic) bond motifs is 1. The first-order chi connectivity index (χ1) is 9.46. The number of ketones is 1. The second-order valence-electron chi connectivity index (χ2n) is 6.74. The van der Waals surface area contributed by atoms with E-state index in [2.05, 4.69) is 63.2 Å². The van der Waals surface area contributed by atoms with Crippen molar-refractivity contribution in [2.45, 2.75) is 46.5 Å². The maximum atomic E-state index is 12.0. The number of hydrogen-bond acceptors (Lipinski definition) is 1. The lowest BCUT2D eigenvalue weighted by Gasteiger charge is -2.17. The maximum absolute atomic E-state index is 12.0. The van der Waals surface area contributed by atoms with Gasteiger partial charge in [0, 0.05) is 12.8 Å². The van der Waals surface area contributed by atoms with Gasteiger partial charge in [0.15, 0.2) is 0 Å². The van der Waals surface area contributed by atoms with Gasteiger partial charge in [0.05, 0.1) is 0 Å². The molecule has 0 fully saturated rings. The average Bonchev–Trinajstić information content (AvgIpc) is 2.42. The van der Waals surface area contributed by atoms with Gasteiger partial charge < -0.3 is 0 Å². The summed E-state index contributed by atoms with van der Waals surface area (Å²) < 4.78 is 0. The van der Waals surface area contributed by atoms with Crippen LogP contribution in [0, 0.1) is 5.41 Å². The first-order valence-electron chi connectivity index (χ1n) is 7.44. The lowest BCUT2D eigenvalue weighted by Crippen LogP contribution is -2.09. The number of rotatable bonds is 5. The molecule has 0 bridgehead atoms. The van der Waals surface area contributed by atoms with Crippen LogP contribution >= 0.6 is 0 Å². The highest BCUT2D eigenvalue weighted by Crippen LogP contribution is 2.23. The van der Waals surface area contributed by atoms with Crippen LogP contribution in [0.4, 0.5) is 0 Å². The Morgan fingerprint density at radius 2 is 1.65 bits per heavy atom. The van der Waals surface area contributed by atoms with Gasteiger partial charge in [-0.05, 0) is 34.6 Å². The molecule has 0 saturated carbocycles. The molecule has 20 heavy (non-hydrogen) atoms. The number of Topliss-reactive ketones (excluding diaryl/α,β-unsaturated/α-hetero) is 1. The van der Waals surface area contributed by atoms with Crippen LogP contribution in [0.2, 0.25) is 0 Å². The average molecular weight is 268 g/mol. The molecule has 0 N–H and O–H groups in total. The van der Waals surface area contributed by atoms with Gasteiger partial charge in [0.2, 0.25) is 0 Å². The summed E-state index contributed by atoms with van der Waals surface area (Å²) in [6.07, 6.45) is 3.18. The Kier molecular flexibility index (Phi) is 4.59. The summed E-state index contributed by atoms with van der Waals surface area (Å²) in [5, 5.41) is 2.53. The van der Waals surface area contributed by atoms with Crippen LogP contribution in [-0.4, -0.2) is 5.78 Å². The summed E-state index contributed by atoms with van der Waals surface area (Å²) in [6, 6.07) is 14.7. The van der Waals surface area contributed by atoms with Crippen molar-refractivity contribution < 1.29 is 4.79 Å². The van der Waals surface area contributed by atoms with Gasteiger partial charge in [-0.2, -0.15) is 0 Å². The predicted octanol–water partition coefficient (Wildman–Crippen LogP) is 5.17. The summed E-state index contributed by atoms with van der Waals surface area (Å²) in [5.74, 6) is 0.382. The summed E-state index contributed by atoms with van der Waals surface area (Å²) in [4.78, 5) is 12.0. The van der Waals surface area contributed by atoms with Crippen LogP contribution in [-0.2, 0) is 11.2 Å². The predicted molar refractivity (Wildman–Crippen MR) is 86.0 cm³/mol. The van der Waals surface area contributed by atoms with E-state index in [0.29, 0.717) is 18.6 Å². The monoisotopic (exact) mass is 268 g/mol. The number of carbonyl (C=O) groups is 1. The van der Waals surface area contributed by atoms with Gasteiger partial charge in [-0.15, -0.1) is 0 Å². The minimum absolute atomic E-state index is 0.245. The number of benzene rings is 2. The van der Waals surface area contributed by atoms with Crippen LogP contribution in [0.25, 0.3) is 10.8 Å². The Hall–Kier alpha value is -1.63. The molecule has 0 unspecified atom stereocenters. The smallest absolute Gasteiger partial charge is 0.133 e. The lowest BCUT2D eigenvalue weighted by molar-refractivity contribution is -0.119. The molecule has 0 saturated heterocycles. The van der Waals surface area contributed by atoms with Crippen molar-refractivity contribution in [2.75, 3.05) is 0 Å². The quantitative estimate of drug-likeness (QED) is 0.731. The number of aryl methyl sites for hydroxylation is 1. The molecule has 0 aromatic heterocycles. The van der Waals surface area contributed by atoms with E-state index in [9.17, 15) is 4.79 Å². The van der Waals surface area contributed by atoms with Crippen molar-refractivity contribution in [1.82, 2.24) is 0 Å². The van der Waals surface area contributed by atoms with Gasteiger partial charge in [-0.3, -0.25) is 4.79 Å². The van der Waals surface area contributed by atoms with E-state index in [4.69, 9.17) is 0 Å². The van der Waals surface area contributed by atoms with Crippen molar-refractivity contribution in [3.8, 4) is 0 Å². The van der Waals surface area contributed by atoms with E-state index in [-0.39, 0.29) is 5.41 Å². The lowest BCUT2D eigenvalue weighted by atomic mass is 9.88. The maximum Gasteiger partial charge on any atom is 0.133 e. The second-order valence-corrected chi connectivity index (χ2v) is 6.74. The van der Waals surface area contributed by atoms with Gasteiger partial charge in [-0.25, -0.2) is 0 Å². The molecule has 1 nitrogen and oxygen atoms in total. The molecule has 0 amide bonds. The van der Waals surface area contributed by atoms with Crippen molar-refractivity contribution >= 4 is 16.6 Å².